The standard InChI is InChI=1S/C18H27FN2O.ClH/c1-13(10-11-14-6-2-4-8-16(14)19)18(22)21-17-9-5-3-7-15(17)12-20;/h2,4,6,8,13,15,17H,3,5,7,9-12,20H2,1H3,(H,21,22);1H. The molecule has 1 aromatic rings. The lowest BCUT2D eigenvalue weighted by Crippen LogP contribution is -2.46. The summed E-state index contributed by atoms with van der Waals surface area (Å²) in [5.74, 6) is 0.170. The summed E-state index contributed by atoms with van der Waals surface area (Å²) in [6, 6.07) is 6.98. The molecule has 5 heteroatoms. The fraction of sp³-hybridized carbons (Fsp3) is 0.611. The van der Waals surface area contributed by atoms with E-state index in [1.165, 1.54) is 12.5 Å². The van der Waals surface area contributed by atoms with Crippen molar-refractivity contribution < 1.29 is 9.18 Å². The van der Waals surface area contributed by atoms with Crippen molar-refractivity contribution in [3.05, 3.63) is 35.6 Å². The second-order valence-corrected chi connectivity index (χ2v) is 6.43. The SMILES string of the molecule is CC(CCc1ccccc1F)C(=O)NC1CCCCC1CN.Cl. The topological polar surface area (TPSA) is 55.1 Å². The number of benzene rings is 1. The monoisotopic (exact) mass is 342 g/mol. The molecule has 1 aromatic carbocycles. The molecule has 3 unspecified atom stereocenters. The fourth-order valence-corrected chi connectivity index (χ4v) is 3.21. The van der Waals surface area contributed by atoms with Crippen molar-refractivity contribution in [2.75, 3.05) is 6.54 Å². The number of hydrogen-bond acceptors (Lipinski definition) is 2. The van der Waals surface area contributed by atoms with Gasteiger partial charge >= 0.3 is 0 Å². The number of amides is 1. The predicted octanol–water partition coefficient (Wildman–Crippen LogP) is 3.45. The summed E-state index contributed by atoms with van der Waals surface area (Å²) in [5.41, 5.74) is 6.48. The Bertz CT molecular complexity index is 498. The third kappa shape index (κ3) is 5.78. The van der Waals surface area contributed by atoms with E-state index in [1.54, 1.807) is 12.1 Å². The second-order valence-electron chi connectivity index (χ2n) is 6.43. The lowest BCUT2D eigenvalue weighted by molar-refractivity contribution is -0.126. The Morgan fingerprint density at radius 2 is 2.04 bits per heavy atom. The van der Waals surface area contributed by atoms with Gasteiger partial charge in [-0.05, 0) is 49.8 Å². The van der Waals surface area contributed by atoms with Gasteiger partial charge in [-0.15, -0.1) is 12.4 Å². The fourth-order valence-electron chi connectivity index (χ4n) is 3.21. The van der Waals surface area contributed by atoms with Crippen molar-refractivity contribution >= 4 is 18.3 Å². The van der Waals surface area contributed by atoms with E-state index in [9.17, 15) is 9.18 Å². The summed E-state index contributed by atoms with van der Waals surface area (Å²) < 4.78 is 13.6. The van der Waals surface area contributed by atoms with Crippen LogP contribution in [-0.2, 0) is 11.2 Å². The molecule has 1 amide bonds. The van der Waals surface area contributed by atoms with Crippen molar-refractivity contribution in [2.45, 2.75) is 51.5 Å². The molecule has 3 atom stereocenters. The van der Waals surface area contributed by atoms with E-state index >= 15 is 0 Å². The van der Waals surface area contributed by atoms with Gasteiger partial charge in [-0.3, -0.25) is 4.79 Å². The molecule has 1 fully saturated rings. The van der Waals surface area contributed by atoms with E-state index in [2.05, 4.69) is 5.32 Å². The zero-order valence-electron chi connectivity index (χ0n) is 13.8. The van der Waals surface area contributed by atoms with Crippen LogP contribution in [0.1, 0.15) is 44.6 Å². The Hall–Kier alpha value is -1.13. The van der Waals surface area contributed by atoms with Crippen LogP contribution in [-0.4, -0.2) is 18.5 Å². The first-order valence-electron chi connectivity index (χ1n) is 8.35. The molecule has 2 rings (SSSR count). The maximum atomic E-state index is 13.6. The molecule has 1 aliphatic carbocycles. The Morgan fingerprint density at radius 1 is 1.35 bits per heavy atom. The highest BCUT2D eigenvalue weighted by Gasteiger charge is 2.26. The molecule has 23 heavy (non-hydrogen) atoms. The molecule has 0 heterocycles. The molecule has 0 radical (unpaired) electrons. The van der Waals surface area contributed by atoms with Gasteiger partial charge in [-0.25, -0.2) is 4.39 Å². The first kappa shape index (κ1) is 19.9. The Kier molecular flexibility index (Phi) is 8.56. The Labute approximate surface area is 144 Å². The summed E-state index contributed by atoms with van der Waals surface area (Å²) in [4.78, 5) is 12.3. The molecule has 130 valence electrons. The van der Waals surface area contributed by atoms with Gasteiger partial charge in [0.05, 0.1) is 0 Å². The molecule has 1 aliphatic rings. The minimum atomic E-state index is -0.189. The molecule has 0 saturated heterocycles. The van der Waals surface area contributed by atoms with Crippen LogP contribution in [0.25, 0.3) is 0 Å². The molecule has 0 spiro atoms. The minimum Gasteiger partial charge on any atom is -0.353 e. The van der Waals surface area contributed by atoms with Crippen LogP contribution in [0.15, 0.2) is 24.3 Å². The van der Waals surface area contributed by atoms with Crippen molar-refractivity contribution in [1.82, 2.24) is 5.32 Å². The van der Waals surface area contributed by atoms with Gasteiger partial charge in [0, 0.05) is 12.0 Å². The maximum Gasteiger partial charge on any atom is 0.223 e. The minimum absolute atomic E-state index is 0. The van der Waals surface area contributed by atoms with E-state index < -0.39 is 0 Å². The van der Waals surface area contributed by atoms with Crippen LogP contribution in [0.4, 0.5) is 4.39 Å². The summed E-state index contributed by atoms with van der Waals surface area (Å²) in [7, 11) is 0. The third-order valence-corrected chi connectivity index (χ3v) is 4.79. The first-order valence-corrected chi connectivity index (χ1v) is 8.35. The van der Waals surface area contributed by atoms with Gasteiger partial charge in [0.2, 0.25) is 5.91 Å². The number of carbonyl (C=O) groups excluding carboxylic acids is 1. The summed E-state index contributed by atoms with van der Waals surface area (Å²) in [6.45, 7) is 2.55. The molecular formula is C18H28ClFN2O. The van der Waals surface area contributed by atoms with Gasteiger partial charge in [0.25, 0.3) is 0 Å². The lowest BCUT2D eigenvalue weighted by atomic mass is 9.84. The van der Waals surface area contributed by atoms with Crippen molar-refractivity contribution in [3.63, 3.8) is 0 Å². The zero-order chi connectivity index (χ0) is 15.9. The number of hydrogen-bond donors (Lipinski definition) is 2. The van der Waals surface area contributed by atoms with Crippen molar-refractivity contribution in [3.8, 4) is 0 Å². The average molecular weight is 343 g/mol. The molecule has 0 aromatic heterocycles. The smallest absolute Gasteiger partial charge is 0.223 e. The van der Waals surface area contributed by atoms with Crippen LogP contribution in [0.5, 0.6) is 0 Å². The van der Waals surface area contributed by atoms with E-state index in [-0.39, 0.29) is 36.1 Å². The molecule has 0 bridgehead atoms. The van der Waals surface area contributed by atoms with Crippen LogP contribution in [0, 0.1) is 17.7 Å². The highest BCUT2D eigenvalue weighted by molar-refractivity contribution is 5.85. The number of rotatable bonds is 6. The van der Waals surface area contributed by atoms with Gasteiger partial charge in [0.15, 0.2) is 0 Å². The number of halogens is 2. The lowest BCUT2D eigenvalue weighted by Gasteiger charge is -2.32. The number of carbonyl (C=O) groups is 1. The Balaban J connectivity index is 0.00000264. The van der Waals surface area contributed by atoms with Gasteiger partial charge < -0.3 is 11.1 Å². The first-order chi connectivity index (χ1) is 10.6. The summed E-state index contributed by atoms with van der Waals surface area (Å²) >= 11 is 0. The predicted molar refractivity (Wildman–Crippen MR) is 94.1 cm³/mol. The molecule has 3 N–H and O–H groups in total. The number of aryl methyl sites for hydroxylation is 1. The average Bonchev–Trinajstić information content (AvgIpc) is 2.54. The third-order valence-electron chi connectivity index (χ3n) is 4.79. The van der Waals surface area contributed by atoms with Gasteiger partial charge in [0.1, 0.15) is 5.82 Å². The quantitative estimate of drug-likeness (QED) is 0.832. The Morgan fingerprint density at radius 3 is 2.74 bits per heavy atom. The van der Waals surface area contributed by atoms with E-state index in [0.717, 1.165) is 19.3 Å². The van der Waals surface area contributed by atoms with Crippen LogP contribution in [0.2, 0.25) is 0 Å². The molecule has 0 aliphatic heterocycles. The summed E-state index contributed by atoms with van der Waals surface area (Å²) in [6.07, 6.45) is 5.74. The van der Waals surface area contributed by atoms with Crippen LogP contribution in [0.3, 0.4) is 0 Å². The van der Waals surface area contributed by atoms with E-state index in [0.29, 0.717) is 30.9 Å². The maximum absolute atomic E-state index is 13.6. The highest BCUT2D eigenvalue weighted by atomic mass is 35.5. The number of nitrogens with two attached hydrogens (primary N) is 1. The van der Waals surface area contributed by atoms with E-state index in [4.69, 9.17) is 5.73 Å². The van der Waals surface area contributed by atoms with E-state index in [1.807, 2.05) is 13.0 Å². The molecular weight excluding hydrogens is 315 g/mol. The van der Waals surface area contributed by atoms with Crippen molar-refractivity contribution in [1.29, 1.82) is 0 Å². The van der Waals surface area contributed by atoms with Crippen LogP contribution < -0.4 is 11.1 Å². The van der Waals surface area contributed by atoms with Gasteiger partial charge in [-0.1, -0.05) is 38.0 Å². The normalized spacial score (nSPS) is 22.0. The summed E-state index contributed by atoms with van der Waals surface area (Å²) in [5, 5.41) is 3.16. The highest BCUT2D eigenvalue weighted by Crippen LogP contribution is 2.24. The molecule has 3 nitrogen and oxygen atoms in total. The zero-order valence-corrected chi connectivity index (χ0v) is 14.6. The van der Waals surface area contributed by atoms with Crippen LogP contribution >= 0.6 is 12.4 Å². The second kappa shape index (κ2) is 9.89. The largest absolute Gasteiger partial charge is 0.353 e. The molecule has 1 saturated carbocycles. The van der Waals surface area contributed by atoms with Crippen molar-refractivity contribution in [2.24, 2.45) is 17.6 Å². The number of nitrogens with one attached hydrogen (secondary N) is 1. The van der Waals surface area contributed by atoms with Gasteiger partial charge in [-0.2, -0.15) is 0 Å².